The molecule has 0 bridgehead atoms. The van der Waals surface area contributed by atoms with Crippen LogP contribution in [0.3, 0.4) is 0 Å². The van der Waals surface area contributed by atoms with E-state index in [1.54, 1.807) is 6.26 Å². The van der Waals surface area contributed by atoms with Crippen molar-refractivity contribution in [3.63, 3.8) is 0 Å². The molecule has 2 rings (SSSR count). The molecule has 0 aliphatic heterocycles. The van der Waals surface area contributed by atoms with Gasteiger partial charge in [0.25, 0.3) is 0 Å². The summed E-state index contributed by atoms with van der Waals surface area (Å²) < 4.78 is 5.26. The Kier molecular flexibility index (Phi) is 3.04. The number of oxazole rings is 1. The van der Waals surface area contributed by atoms with Crippen molar-refractivity contribution in [3.05, 3.63) is 41.4 Å². The molecule has 78 valence electrons. The predicted molar refractivity (Wildman–Crippen MR) is 59.7 cm³/mol. The Labute approximate surface area is 92.9 Å². The van der Waals surface area contributed by atoms with E-state index in [1.165, 1.54) is 0 Å². The lowest BCUT2D eigenvalue weighted by Gasteiger charge is -1.97. The molecule has 2 N–H and O–H groups in total. The fourth-order valence-electron chi connectivity index (χ4n) is 1.34. The van der Waals surface area contributed by atoms with Crippen molar-refractivity contribution in [2.75, 3.05) is 6.54 Å². The second kappa shape index (κ2) is 4.47. The van der Waals surface area contributed by atoms with Crippen LogP contribution in [0, 0.1) is 0 Å². The standard InChI is InChI=1S/C11H11ClN2O/c12-9-4-2-1-3-8(9)10-7-15-11(14-10)5-6-13/h1-4,7H,5-6,13H2. The molecule has 0 saturated carbocycles. The summed E-state index contributed by atoms with van der Waals surface area (Å²) in [6.07, 6.45) is 2.25. The lowest BCUT2D eigenvalue weighted by molar-refractivity contribution is 0.496. The summed E-state index contributed by atoms with van der Waals surface area (Å²) in [5, 5.41) is 0.671. The minimum atomic E-state index is 0.530. The molecule has 0 spiro atoms. The maximum atomic E-state index is 6.04. The van der Waals surface area contributed by atoms with Crippen LogP contribution in [0.25, 0.3) is 11.3 Å². The molecule has 2 aromatic rings. The quantitative estimate of drug-likeness (QED) is 0.868. The Morgan fingerprint density at radius 2 is 2.13 bits per heavy atom. The van der Waals surface area contributed by atoms with E-state index in [-0.39, 0.29) is 0 Å². The van der Waals surface area contributed by atoms with E-state index in [1.807, 2.05) is 24.3 Å². The number of hydrogen-bond acceptors (Lipinski definition) is 3. The molecule has 0 aliphatic rings. The Bertz CT molecular complexity index is 453. The Morgan fingerprint density at radius 1 is 1.33 bits per heavy atom. The van der Waals surface area contributed by atoms with Gasteiger partial charge in [-0.05, 0) is 6.07 Å². The molecule has 1 aromatic carbocycles. The van der Waals surface area contributed by atoms with Crippen LogP contribution in [-0.2, 0) is 6.42 Å². The van der Waals surface area contributed by atoms with Crippen molar-refractivity contribution >= 4 is 11.6 Å². The third-order valence-electron chi connectivity index (χ3n) is 2.06. The first kappa shape index (κ1) is 10.2. The second-order valence-corrected chi connectivity index (χ2v) is 3.55. The molecule has 1 heterocycles. The van der Waals surface area contributed by atoms with Gasteiger partial charge < -0.3 is 10.2 Å². The summed E-state index contributed by atoms with van der Waals surface area (Å²) in [7, 11) is 0. The summed E-state index contributed by atoms with van der Waals surface area (Å²) in [5.74, 6) is 0.646. The van der Waals surface area contributed by atoms with E-state index in [9.17, 15) is 0 Å². The first-order valence-corrected chi connectivity index (χ1v) is 5.08. The molecule has 4 heteroatoms. The Balaban J connectivity index is 2.33. The van der Waals surface area contributed by atoms with E-state index >= 15 is 0 Å². The van der Waals surface area contributed by atoms with Gasteiger partial charge in [-0.15, -0.1) is 0 Å². The van der Waals surface area contributed by atoms with Crippen molar-refractivity contribution in [3.8, 4) is 11.3 Å². The van der Waals surface area contributed by atoms with Crippen molar-refractivity contribution in [1.82, 2.24) is 4.98 Å². The van der Waals surface area contributed by atoms with Crippen LogP contribution >= 0.6 is 11.6 Å². The monoisotopic (exact) mass is 222 g/mol. The van der Waals surface area contributed by atoms with E-state index in [4.69, 9.17) is 21.8 Å². The maximum absolute atomic E-state index is 6.04. The molecule has 0 amide bonds. The summed E-state index contributed by atoms with van der Waals surface area (Å²) in [5.41, 5.74) is 7.05. The number of aromatic nitrogens is 1. The molecule has 0 unspecified atom stereocenters. The minimum absolute atomic E-state index is 0.530. The number of hydrogen-bond donors (Lipinski definition) is 1. The highest BCUT2D eigenvalue weighted by molar-refractivity contribution is 6.33. The zero-order valence-corrected chi connectivity index (χ0v) is 8.87. The number of halogens is 1. The lowest BCUT2D eigenvalue weighted by Crippen LogP contribution is -2.02. The molecule has 0 aliphatic carbocycles. The van der Waals surface area contributed by atoms with Gasteiger partial charge in [0.15, 0.2) is 5.89 Å². The van der Waals surface area contributed by atoms with E-state index in [0.29, 0.717) is 23.9 Å². The molecule has 3 nitrogen and oxygen atoms in total. The van der Waals surface area contributed by atoms with Gasteiger partial charge in [0, 0.05) is 18.5 Å². The van der Waals surface area contributed by atoms with Gasteiger partial charge >= 0.3 is 0 Å². The molecule has 0 fully saturated rings. The topological polar surface area (TPSA) is 52.0 Å². The minimum Gasteiger partial charge on any atom is -0.448 e. The summed E-state index contributed by atoms with van der Waals surface area (Å²) in [6.45, 7) is 0.530. The zero-order valence-electron chi connectivity index (χ0n) is 8.11. The Hall–Kier alpha value is -1.32. The molecular formula is C11H11ClN2O. The molecular weight excluding hydrogens is 212 g/mol. The number of rotatable bonds is 3. The average Bonchev–Trinajstić information content (AvgIpc) is 2.68. The molecule has 0 radical (unpaired) electrons. The second-order valence-electron chi connectivity index (χ2n) is 3.15. The van der Waals surface area contributed by atoms with Gasteiger partial charge in [-0.2, -0.15) is 0 Å². The zero-order chi connectivity index (χ0) is 10.7. The highest BCUT2D eigenvalue weighted by Crippen LogP contribution is 2.26. The fraction of sp³-hybridized carbons (Fsp3) is 0.182. The first-order valence-electron chi connectivity index (χ1n) is 4.70. The van der Waals surface area contributed by atoms with Crippen LogP contribution in [0.1, 0.15) is 5.89 Å². The van der Waals surface area contributed by atoms with Gasteiger partial charge in [0.2, 0.25) is 0 Å². The molecule has 0 saturated heterocycles. The summed E-state index contributed by atoms with van der Waals surface area (Å²) in [6, 6.07) is 7.53. The van der Waals surface area contributed by atoms with E-state index in [2.05, 4.69) is 4.98 Å². The van der Waals surface area contributed by atoms with Crippen LogP contribution in [0.5, 0.6) is 0 Å². The number of nitrogens with zero attached hydrogens (tertiary/aromatic N) is 1. The molecule has 1 aromatic heterocycles. The van der Waals surface area contributed by atoms with Gasteiger partial charge in [-0.1, -0.05) is 29.8 Å². The molecule has 0 atom stereocenters. The number of nitrogens with two attached hydrogens (primary N) is 1. The average molecular weight is 223 g/mol. The summed E-state index contributed by atoms with van der Waals surface area (Å²) >= 11 is 6.04. The van der Waals surface area contributed by atoms with Crippen molar-refractivity contribution in [1.29, 1.82) is 0 Å². The highest BCUT2D eigenvalue weighted by Gasteiger charge is 2.08. The largest absolute Gasteiger partial charge is 0.448 e. The third-order valence-corrected chi connectivity index (χ3v) is 2.39. The van der Waals surface area contributed by atoms with E-state index in [0.717, 1.165) is 11.3 Å². The third kappa shape index (κ3) is 2.19. The predicted octanol–water partition coefficient (Wildman–Crippen LogP) is 2.50. The van der Waals surface area contributed by atoms with Crippen LogP contribution in [0.15, 0.2) is 34.9 Å². The lowest BCUT2D eigenvalue weighted by atomic mass is 10.2. The maximum Gasteiger partial charge on any atom is 0.195 e. The van der Waals surface area contributed by atoms with Crippen molar-refractivity contribution in [2.45, 2.75) is 6.42 Å². The Morgan fingerprint density at radius 3 is 2.87 bits per heavy atom. The summed E-state index contributed by atoms with van der Waals surface area (Å²) in [4.78, 5) is 4.30. The van der Waals surface area contributed by atoms with Crippen LogP contribution in [0.4, 0.5) is 0 Å². The van der Waals surface area contributed by atoms with E-state index < -0.39 is 0 Å². The molecule has 15 heavy (non-hydrogen) atoms. The number of benzene rings is 1. The smallest absolute Gasteiger partial charge is 0.195 e. The van der Waals surface area contributed by atoms with Crippen molar-refractivity contribution < 1.29 is 4.42 Å². The van der Waals surface area contributed by atoms with Gasteiger partial charge in [0.1, 0.15) is 12.0 Å². The van der Waals surface area contributed by atoms with Crippen LogP contribution in [-0.4, -0.2) is 11.5 Å². The normalized spacial score (nSPS) is 10.5. The first-order chi connectivity index (χ1) is 7.31. The highest BCUT2D eigenvalue weighted by atomic mass is 35.5. The fourth-order valence-corrected chi connectivity index (χ4v) is 1.57. The van der Waals surface area contributed by atoms with Crippen LogP contribution < -0.4 is 5.73 Å². The van der Waals surface area contributed by atoms with Gasteiger partial charge in [-0.3, -0.25) is 0 Å². The van der Waals surface area contributed by atoms with Crippen molar-refractivity contribution in [2.24, 2.45) is 5.73 Å². The van der Waals surface area contributed by atoms with Gasteiger partial charge in [0.05, 0.1) is 5.02 Å². The SMILES string of the molecule is NCCc1nc(-c2ccccc2Cl)co1. The van der Waals surface area contributed by atoms with Crippen LogP contribution in [0.2, 0.25) is 5.02 Å². The van der Waals surface area contributed by atoms with Gasteiger partial charge in [-0.25, -0.2) is 4.98 Å².